The van der Waals surface area contributed by atoms with Crippen molar-refractivity contribution in [3.63, 3.8) is 0 Å². The number of likely N-dealkylation sites (tertiary alicyclic amines) is 2. The molecule has 2 aliphatic rings. The molecule has 0 spiro atoms. The van der Waals surface area contributed by atoms with Gasteiger partial charge in [0.25, 0.3) is 0 Å². The smallest absolute Gasteiger partial charge is 0.317 e. The van der Waals surface area contributed by atoms with Crippen LogP contribution in [0.1, 0.15) is 38.5 Å². The van der Waals surface area contributed by atoms with Crippen molar-refractivity contribution in [3.05, 3.63) is 0 Å². The minimum absolute atomic E-state index is 0.108. The molecule has 4 N–H and O–H groups in total. The second kappa shape index (κ2) is 7.47. The van der Waals surface area contributed by atoms with Crippen molar-refractivity contribution in [1.82, 2.24) is 15.1 Å². The molecule has 2 rings (SSSR count). The molecule has 2 amide bonds. The first-order valence-electron chi connectivity index (χ1n) is 7.76. The maximum absolute atomic E-state index is 12.2. The van der Waals surface area contributed by atoms with Gasteiger partial charge in [0, 0.05) is 32.2 Å². The topological polar surface area (TPSA) is 85.5 Å². The standard InChI is InChI=1S/C14H27N5O/c15-13(16)11-18-9-5-12(6-10-18)17-14(20)19-7-3-1-2-4-8-19/h12H,1-11H2,(H3,15,16)(H,17,20). The van der Waals surface area contributed by atoms with Gasteiger partial charge in [-0.05, 0) is 25.7 Å². The molecule has 2 saturated heterocycles. The molecule has 0 atom stereocenters. The van der Waals surface area contributed by atoms with Gasteiger partial charge in [-0.1, -0.05) is 12.8 Å². The van der Waals surface area contributed by atoms with Crippen LogP contribution in [0.2, 0.25) is 0 Å². The number of nitrogens with one attached hydrogen (secondary N) is 2. The van der Waals surface area contributed by atoms with Gasteiger partial charge >= 0.3 is 6.03 Å². The van der Waals surface area contributed by atoms with Crippen LogP contribution in [0.4, 0.5) is 4.79 Å². The fraction of sp³-hybridized carbons (Fsp3) is 0.857. The third kappa shape index (κ3) is 4.67. The van der Waals surface area contributed by atoms with E-state index in [-0.39, 0.29) is 17.9 Å². The number of hydrogen-bond donors (Lipinski definition) is 3. The maximum Gasteiger partial charge on any atom is 0.317 e. The van der Waals surface area contributed by atoms with Crippen molar-refractivity contribution in [3.8, 4) is 0 Å². The van der Waals surface area contributed by atoms with Gasteiger partial charge in [0.2, 0.25) is 0 Å². The lowest BCUT2D eigenvalue weighted by Gasteiger charge is -2.33. The third-order valence-electron chi connectivity index (χ3n) is 4.20. The van der Waals surface area contributed by atoms with Crippen LogP contribution in [0.5, 0.6) is 0 Å². The number of rotatable bonds is 3. The number of nitrogens with two attached hydrogens (primary N) is 1. The SMILES string of the molecule is N=C(N)CN1CCC(NC(=O)N2CCCCCC2)CC1. The normalized spacial score (nSPS) is 22.3. The maximum atomic E-state index is 12.2. The highest BCUT2D eigenvalue weighted by Gasteiger charge is 2.23. The Kier molecular flexibility index (Phi) is 5.64. The molecule has 0 unspecified atom stereocenters. The summed E-state index contributed by atoms with van der Waals surface area (Å²) in [5.74, 6) is 0.219. The summed E-state index contributed by atoms with van der Waals surface area (Å²) in [6, 6.07) is 0.380. The van der Waals surface area contributed by atoms with E-state index in [4.69, 9.17) is 11.1 Å². The van der Waals surface area contributed by atoms with Gasteiger partial charge in [0.05, 0.1) is 6.54 Å². The van der Waals surface area contributed by atoms with E-state index < -0.39 is 0 Å². The van der Waals surface area contributed by atoms with E-state index in [1.54, 1.807) is 0 Å². The first-order chi connectivity index (χ1) is 9.65. The average molecular weight is 281 g/mol. The number of amidine groups is 1. The molecule has 0 bridgehead atoms. The Bertz CT molecular complexity index is 330. The predicted molar refractivity (Wildman–Crippen MR) is 79.9 cm³/mol. The van der Waals surface area contributed by atoms with Crippen LogP contribution in [0.25, 0.3) is 0 Å². The van der Waals surface area contributed by atoms with Crippen molar-refractivity contribution in [1.29, 1.82) is 5.41 Å². The Morgan fingerprint density at radius 1 is 1.10 bits per heavy atom. The van der Waals surface area contributed by atoms with Crippen molar-refractivity contribution in [2.24, 2.45) is 5.73 Å². The molecule has 0 saturated carbocycles. The highest BCUT2D eigenvalue weighted by atomic mass is 16.2. The zero-order valence-corrected chi connectivity index (χ0v) is 12.2. The Hall–Kier alpha value is -1.30. The fourth-order valence-corrected chi connectivity index (χ4v) is 3.02. The van der Waals surface area contributed by atoms with Gasteiger partial charge in [0.1, 0.15) is 5.84 Å². The van der Waals surface area contributed by atoms with E-state index in [1.165, 1.54) is 12.8 Å². The summed E-state index contributed by atoms with van der Waals surface area (Å²) in [5.41, 5.74) is 5.42. The number of urea groups is 1. The summed E-state index contributed by atoms with van der Waals surface area (Å²) in [4.78, 5) is 16.4. The molecular weight excluding hydrogens is 254 g/mol. The van der Waals surface area contributed by atoms with E-state index in [0.717, 1.165) is 51.9 Å². The van der Waals surface area contributed by atoms with E-state index in [1.807, 2.05) is 4.90 Å². The lowest BCUT2D eigenvalue weighted by Crippen LogP contribution is -2.50. The second-order valence-electron chi connectivity index (χ2n) is 5.93. The van der Waals surface area contributed by atoms with Crippen LogP contribution in [0, 0.1) is 5.41 Å². The Morgan fingerprint density at radius 3 is 2.25 bits per heavy atom. The van der Waals surface area contributed by atoms with Crippen molar-refractivity contribution in [2.45, 2.75) is 44.6 Å². The van der Waals surface area contributed by atoms with Crippen LogP contribution < -0.4 is 11.1 Å². The lowest BCUT2D eigenvalue weighted by molar-refractivity contribution is 0.179. The quantitative estimate of drug-likeness (QED) is 0.532. The van der Waals surface area contributed by atoms with Gasteiger partial charge in [-0.3, -0.25) is 10.3 Å². The molecule has 2 fully saturated rings. The molecular formula is C14H27N5O. The van der Waals surface area contributed by atoms with E-state index in [0.29, 0.717) is 6.54 Å². The minimum atomic E-state index is 0.108. The number of carbonyl (C=O) groups is 1. The number of hydrogen-bond acceptors (Lipinski definition) is 3. The number of carbonyl (C=O) groups excluding carboxylic acids is 1. The molecule has 20 heavy (non-hydrogen) atoms. The number of piperidine rings is 1. The molecule has 0 aliphatic carbocycles. The Balaban J connectivity index is 1.71. The lowest BCUT2D eigenvalue weighted by atomic mass is 10.1. The highest BCUT2D eigenvalue weighted by molar-refractivity contribution is 5.79. The van der Waals surface area contributed by atoms with Gasteiger partial charge in [-0.2, -0.15) is 0 Å². The number of amides is 2. The fourth-order valence-electron chi connectivity index (χ4n) is 3.02. The molecule has 2 heterocycles. The summed E-state index contributed by atoms with van der Waals surface area (Å²) in [5, 5.41) is 10.5. The molecule has 6 heteroatoms. The second-order valence-corrected chi connectivity index (χ2v) is 5.93. The van der Waals surface area contributed by atoms with Crippen LogP contribution >= 0.6 is 0 Å². The van der Waals surface area contributed by atoms with Gasteiger partial charge < -0.3 is 16.0 Å². The molecule has 114 valence electrons. The minimum Gasteiger partial charge on any atom is -0.387 e. The highest BCUT2D eigenvalue weighted by Crippen LogP contribution is 2.13. The van der Waals surface area contributed by atoms with Crippen molar-refractivity contribution in [2.75, 3.05) is 32.7 Å². The zero-order chi connectivity index (χ0) is 14.4. The van der Waals surface area contributed by atoms with Crippen LogP contribution in [-0.4, -0.2) is 60.4 Å². The van der Waals surface area contributed by atoms with Crippen molar-refractivity contribution >= 4 is 11.9 Å². The van der Waals surface area contributed by atoms with Crippen LogP contribution in [0.15, 0.2) is 0 Å². The van der Waals surface area contributed by atoms with E-state index in [2.05, 4.69) is 10.2 Å². The molecule has 0 aromatic heterocycles. The molecule has 0 aromatic carbocycles. The summed E-state index contributed by atoms with van der Waals surface area (Å²) < 4.78 is 0. The molecule has 2 aliphatic heterocycles. The van der Waals surface area contributed by atoms with E-state index >= 15 is 0 Å². The molecule has 0 radical (unpaired) electrons. The van der Waals surface area contributed by atoms with Crippen molar-refractivity contribution < 1.29 is 4.79 Å². The molecule has 0 aromatic rings. The van der Waals surface area contributed by atoms with Gasteiger partial charge in [0.15, 0.2) is 0 Å². The number of nitrogens with zero attached hydrogens (tertiary/aromatic N) is 2. The monoisotopic (exact) mass is 281 g/mol. The summed E-state index contributed by atoms with van der Waals surface area (Å²) in [6.07, 6.45) is 6.65. The van der Waals surface area contributed by atoms with Gasteiger partial charge in [-0.25, -0.2) is 4.79 Å². The van der Waals surface area contributed by atoms with Crippen LogP contribution in [-0.2, 0) is 0 Å². The zero-order valence-electron chi connectivity index (χ0n) is 12.2. The predicted octanol–water partition coefficient (Wildman–Crippen LogP) is 0.972. The average Bonchev–Trinajstić information content (AvgIpc) is 2.69. The Labute approximate surface area is 121 Å². The first-order valence-corrected chi connectivity index (χ1v) is 7.76. The Morgan fingerprint density at radius 2 is 1.70 bits per heavy atom. The first kappa shape index (κ1) is 15.1. The van der Waals surface area contributed by atoms with Crippen LogP contribution in [0.3, 0.4) is 0 Å². The summed E-state index contributed by atoms with van der Waals surface area (Å²) in [6.45, 7) is 4.16. The summed E-state index contributed by atoms with van der Waals surface area (Å²) >= 11 is 0. The summed E-state index contributed by atoms with van der Waals surface area (Å²) in [7, 11) is 0. The molecule has 6 nitrogen and oxygen atoms in total. The largest absolute Gasteiger partial charge is 0.387 e. The van der Waals surface area contributed by atoms with E-state index in [9.17, 15) is 4.79 Å². The third-order valence-corrected chi connectivity index (χ3v) is 4.20. The van der Waals surface area contributed by atoms with Gasteiger partial charge in [-0.15, -0.1) is 0 Å².